The highest BCUT2D eigenvalue weighted by atomic mass is 16.3. The van der Waals surface area contributed by atoms with Crippen LogP contribution in [0.1, 0.15) is 48.2 Å². The second-order valence-electron chi connectivity index (χ2n) is 7.32. The molecule has 5 rings (SSSR count). The fourth-order valence-electron chi connectivity index (χ4n) is 4.18. The van der Waals surface area contributed by atoms with Crippen molar-refractivity contribution in [3.63, 3.8) is 0 Å². The smallest absolute Gasteiger partial charge is 0.257 e. The van der Waals surface area contributed by atoms with Crippen molar-refractivity contribution in [1.82, 2.24) is 9.80 Å². The molecule has 5 nitrogen and oxygen atoms in total. The average molecular weight is 316 g/mol. The Balaban J connectivity index is 1.53. The minimum Gasteiger partial charge on any atom is -0.469 e. The molecule has 23 heavy (non-hydrogen) atoms. The van der Waals surface area contributed by atoms with Crippen LogP contribution < -0.4 is 0 Å². The molecule has 2 atom stereocenters. The largest absolute Gasteiger partial charge is 0.469 e. The molecule has 0 unspecified atom stereocenters. The fourth-order valence-corrected chi connectivity index (χ4v) is 4.18. The van der Waals surface area contributed by atoms with E-state index in [1.54, 1.807) is 12.3 Å². The maximum Gasteiger partial charge on any atom is 0.257 e. The van der Waals surface area contributed by atoms with Crippen LogP contribution in [0, 0.1) is 18.8 Å². The number of carbonyl (C=O) groups excluding carboxylic acids is 2. The van der Waals surface area contributed by atoms with Crippen molar-refractivity contribution < 1.29 is 14.0 Å². The van der Waals surface area contributed by atoms with Gasteiger partial charge < -0.3 is 14.2 Å². The first-order valence-electron chi connectivity index (χ1n) is 8.77. The number of aryl methyl sites for hydroxylation is 1. The van der Waals surface area contributed by atoms with Crippen LogP contribution in [-0.4, -0.2) is 47.3 Å². The lowest BCUT2D eigenvalue weighted by atomic mass is 9.83. The summed E-state index contributed by atoms with van der Waals surface area (Å²) >= 11 is 0. The van der Waals surface area contributed by atoms with Gasteiger partial charge in [-0.2, -0.15) is 0 Å². The quantitative estimate of drug-likeness (QED) is 0.861. The molecule has 0 aromatic carbocycles. The lowest BCUT2D eigenvalue weighted by Crippen LogP contribution is -2.50. The molecule has 1 aromatic rings. The Labute approximate surface area is 136 Å². The molecule has 124 valence electrons. The van der Waals surface area contributed by atoms with Gasteiger partial charge in [-0.3, -0.25) is 9.59 Å². The third kappa shape index (κ3) is 2.56. The summed E-state index contributed by atoms with van der Waals surface area (Å²) in [6.45, 7) is 3.93. The van der Waals surface area contributed by atoms with Crippen LogP contribution in [0.4, 0.5) is 0 Å². The molecular weight excluding hydrogens is 292 g/mol. The molecule has 0 N–H and O–H groups in total. The summed E-state index contributed by atoms with van der Waals surface area (Å²) in [7, 11) is 0. The lowest BCUT2D eigenvalue weighted by molar-refractivity contribution is -0.141. The number of piperidine rings is 1. The zero-order chi connectivity index (χ0) is 16.0. The molecule has 1 aliphatic carbocycles. The number of fused-ring (bicyclic) bond motifs is 4. The number of hydrogen-bond donors (Lipinski definition) is 0. The molecular formula is C18H24N2O3. The summed E-state index contributed by atoms with van der Waals surface area (Å²) in [6, 6.07) is 1.93. The van der Waals surface area contributed by atoms with Gasteiger partial charge in [-0.15, -0.1) is 0 Å². The summed E-state index contributed by atoms with van der Waals surface area (Å²) in [5, 5.41) is 0. The fraction of sp³-hybridized carbons (Fsp3) is 0.667. The number of carbonyl (C=O) groups is 2. The first-order chi connectivity index (χ1) is 11.1. The van der Waals surface area contributed by atoms with Gasteiger partial charge in [0.2, 0.25) is 5.91 Å². The summed E-state index contributed by atoms with van der Waals surface area (Å²) in [4.78, 5) is 29.5. The average Bonchev–Trinajstić information content (AvgIpc) is 2.74. The Hall–Kier alpha value is -1.78. The number of hydrogen-bond acceptors (Lipinski definition) is 3. The number of rotatable bonds is 3. The van der Waals surface area contributed by atoms with Gasteiger partial charge in [-0.05, 0) is 44.6 Å². The Morgan fingerprint density at radius 3 is 2.74 bits per heavy atom. The van der Waals surface area contributed by atoms with Gasteiger partial charge in [0.1, 0.15) is 5.76 Å². The van der Waals surface area contributed by atoms with E-state index < -0.39 is 0 Å². The maximum absolute atomic E-state index is 12.8. The van der Waals surface area contributed by atoms with E-state index in [4.69, 9.17) is 4.42 Å². The molecule has 0 radical (unpaired) electrons. The van der Waals surface area contributed by atoms with Crippen molar-refractivity contribution in [1.29, 1.82) is 0 Å². The van der Waals surface area contributed by atoms with Crippen molar-refractivity contribution in [2.75, 3.05) is 19.6 Å². The van der Waals surface area contributed by atoms with Gasteiger partial charge in [-0.1, -0.05) is 6.42 Å². The topological polar surface area (TPSA) is 53.8 Å². The molecule has 5 heteroatoms. The molecule has 1 saturated carbocycles. The number of amides is 2. The predicted octanol–water partition coefficient (Wildman–Crippen LogP) is 2.45. The summed E-state index contributed by atoms with van der Waals surface area (Å²) in [5.74, 6) is 1.59. The first-order valence-corrected chi connectivity index (χ1v) is 8.77. The van der Waals surface area contributed by atoms with Crippen molar-refractivity contribution in [3.8, 4) is 0 Å². The second-order valence-corrected chi connectivity index (χ2v) is 7.32. The maximum atomic E-state index is 12.8. The monoisotopic (exact) mass is 316 g/mol. The third-order valence-electron chi connectivity index (χ3n) is 5.85. The lowest BCUT2D eigenvalue weighted by Gasteiger charge is -2.40. The van der Waals surface area contributed by atoms with Crippen molar-refractivity contribution in [2.24, 2.45) is 11.8 Å². The predicted molar refractivity (Wildman–Crippen MR) is 84.9 cm³/mol. The number of nitrogens with zero attached hydrogens (tertiary/aromatic N) is 2. The van der Waals surface area contributed by atoms with E-state index in [2.05, 4.69) is 4.90 Å². The van der Waals surface area contributed by atoms with E-state index in [0.29, 0.717) is 30.3 Å². The van der Waals surface area contributed by atoms with Crippen LogP contribution in [-0.2, 0) is 4.79 Å². The van der Waals surface area contributed by atoms with Gasteiger partial charge in [0, 0.05) is 25.7 Å². The minimum absolute atomic E-state index is 0.00597. The van der Waals surface area contributed by atoms with Crippen LogP contribution in [0.15, 0.2) is 16.7 Å². The molecule has 2 amide bonds. The summed E-state index contributed by atoms with van der Waals surface area (Å²) in [5.41, 5.74) is 0.629. The standard InChI is InChI=1S/C18H24N2O3/c1-12-16(7-8-23-12)18(22)19-10-14-5-6-15(11-19)20(17(14)21)9-13-3-2-4-13/h7-8,13-15H,2-6,9-11H2,1H3/t14-,15+/m1/s1. The van der Waals surface area contributed by atoms with Gasteiger partial charge in [0.15, 0.2) is 0 Å². The van der Waals surface area contributed by atoms with Gasteiger partial charge in [0.25, 0.3) is 5.91 Å². The van der Waals surface area contributed by atoms with E-state index in [0.717, 1.165) is 19.4 Å². The molecule has 4 fully saturated rings. The van der Waals surface area contributed by atoms with E-state index >= 15 is 0 Å². The Kier molecular flexibility index (Phi) is 3.66. The van der Waals surface area contributed by atoms with E-state index in [9.17, 15) is 9.59 Å². The van der Waals surface area contributed by atoms with Crippen molar-refractivity contribution in [3.05, 3.63) is 23.7 Å². The first kappa shape index (κ1) is 14.8. The molecule has 4 heterocycles. The normalized spacial score (nSPS) is 28.0. The van der Waals surface area contributed by atoms with Crippen LogP contribution in [0.5, 0.6) is 0 Å². The second kappa shape index (κ2) is 5.69. The molecule has 0 spiro atoms. The van der Waals surface area contributed by atoms with Crippen LogP contribution in [0.3, 0.4) is 0 Å². The summed E-state index contributed by atoms with van der Waals surface area (Å²) < 4.78 is 5.27. The Morgan fingerprint density at radius 1 is 1.26 bits per heavy atom. The summed E-state index contributed by atoms with van der Waals surface area (Å²) in [6.07, 6.45) is 7.29. The Bertz CT molecular complexity index is 620. The minimum atomic E-state index is -0.0232. The highest BCUT2D eigenvalue weighted by Gasteiger charge is 2.43. The zero-order valence-corrected chi connectivity index (χ0v) is 13.7. The van der Waals surface area contributed by atoms with Gasteiger partial charge >= 0.3 is 0 Å². The highest BCUT2D eigenvalue weighted by Crippen LogP contribution is 2.34. The Morgan fingerprint density at radius 2 is 2.09 bits per heavy atom. The molecule has 3 aliphatic heterocycles. The van der Waals surface area contributed by atoms with Crippen LogP contribution >= 0.6 is 0 Å². The van der Waals surface area contributed by atoms with Crippen molar-refractivity contribution in [2.45, 2.75) is 45.1 Å². The van der Waals surface area contributed by atoms with Gasteiger partial charge in [0.05, 0.1) is 17.7 Å². The highest BCUT2D eigenvalue weighted by molar-refractivity contribution is 5.95. The van der Waals surface area contributed by atoms with E-state index in [1.165, 1.54) is 19.3 Å². The molecule has 1 aromatic heterocycles. The molecule has 4 aliphatic rings. The molecule has 2 bridgehead atoms. The van der Waals surface area contributed by atoms with Gasteiger partial charge in [-0.25, -0.2) is 0 Å². The van der Waals surface area contributed by atoms with Crippen LogP contribution in [0.2, 0.25) is 0 Å². The third-order valence-corrected chi connectivity index (χ3v) is 5.85. The van der Waals surface area contributed by atoms with E-state index in [-0.39, 0.29) is 23.8 Å². The zero-order valence-electron chi connectivity index (χ0n) is 13.7. The SMILES string of the molecule is Cc1occc1C(=O)N1C[C@H]2CC[C@@H](C1)N(CC1CCC1)C2=O. The molecule has 3 saturated heterocycles. The van der Waals surface area contributed by atoms with E-state index in [1.807, 2.05) is 11.8 Å². The van der Waals surface area contributed by atoms with Crippen molar-refractivity contribution >= 4 is 11.8 Å². The van der Waals surface area contributed by atoms with Crippen LogP contribution in [0.25, 0.3) is 0 Å². The number of furan rings is 1.